The standard InChI is InChI=1S/C18H26BrNO/c1-3-15(4-2)20(13-12-19)18(21)17-11-7-9-14-8-5-6-10-16(14)17/h5-6,8,10,15,17H,3-4,7,9,11-13H2,1-2H3. The first-order valence-electron chi connectivity index (χ1n) is 8.17. The molecule has 1 unspecified atom stereocenters. The van der Waals surface area contributed by atoms with Gasteiger partial charge in [0.05, 0.1) is 5.92 Å². The first-order valence-corrected chi connectivity index (χ1v) is 9.29. The Hall–Kier alpha value is -0.830. The quantitative estimate of drug-likeness (QED) is 0.690. The Kier molecular flexibility index (Phi) is 6.28. The molecule has 1 atom stereocenters. The molecule has 1 aliphatic rings. The number of carbonyl (C=O) groups is 1. The van der Waals surface area contributed by atoms with E-state index in [9.17, 15) is 4.79 Å². The van der Waals surface area contributed by atoms with Crippen molar-refractivity contribution in [1.29, 1.82) is 0 Å². The molecular formula is C18H26BrNO. The highest BCUT2D eigenvalue weighted by molar-refractivity contribution is 9.09. The highest BCUT2D eigenvalue weighted by Crippen LogP contribution is 2.33. The lowest BCUT2D eigenvalue weighted by atomic mass is 9.81. The molecule has 116 valence electrons. The van der Waals surface area contributed by atoms with Crippen LogP contribution in [0.3, 0.4) is 0 Å². The van der Waals surface area contributed by atoms with Crippen LogP contribution in [-0.2, 0) is 11.2 Å². The van der Waals surface area contributed by atoms with Crippen molar-refractivity contribution in [3.8, 4) is 0 Å². The summed E-state index contributed by atoms with van der Waals surface area (Å²) in [6.45, 7) is 5.17. The Balaban J connectivity index is 2.25. The monoisotopic (exact) mass is 351 g/mol. The molecule has 0 bridgehead atoms. The third-order valence-electron chi connectivity index (χ3n) is 4.66. The van der Waals surface area contributed by atoms with E-state index in [4.69, 9.17) is 0 Å². The van der Waals surface area contributed by atoms with Gasteiger partial charge in [0.15, 0.2) is 0 Å². The lowest BCUT2D eigenvalue weighted by Crippen LogP contribution is -2.44. The maximum atomic E-state index is 13.1. The summed E-state index contributed by atoms with van der Waals surface area (Å²) in [5.74, 6) is 0.393. The number of amides is 1. The van der Waals surface area contributed by atoms with Crippen molar-refractivity contribution in [1.82, 2.24) is 4.90 Å². The van der Waals surface area contributed by atoms with E-state index in [0.717, 1.165) is 44.0 Å². The Morgan fingerprint density at radius 3 is 2.71 bits per heavy atom. The van der Waals surface area contributed by atoms with Crippen molar-refractivity contribution in [3.05, 3.63) is 35.4 Å². The minimum atomic E-state index is 0.0644. The lowest BCUT2D eigenvalue weighted by Gasteiger charge is -2.35. The van der Waals surface area contributed by atoms with E-state index in [0.29, 0.717) is 11.9 Å². The molecule has 0 fully saturated rings. The first-order chi connectivity index (χ1) is 10.2. The van der Waals surface area contributed by atoms with Gasteiger partial charge in [-0.1, -0.05) is 54.0 Å². The van der Waals surface area contributed by atoms with Crippen molar-refractivity contribution in [3.63, 3.8) is 0 Å². The number of hydrogen-bond acceptors (Lipinski definition) is 1. The third-order valence-corrected chi connectivity index (χ3v) is 5.01. The molecule has 0 heterocycles. The fourth-order valence-corrected chi connectivity index (χ4v) is 3.89. The minimum Gasteiger partial charge on any atom is -0.338 e. The third kappa shape index (κ3) is 3.68. The van der Waals surface area contributed by atoms with Gasteiger partial charge in [-0.3, -0.25) is 4.79 Å². The van der Waals surface area contributed by atoms with Crippen molar-refractivity contribution in [2.24, 2.45) is 0 Å². The molecule has 1 amide bonds. The Bertz CT molecular complexity index is 470. The number of carbonyl (C=O) groups excluding carboxylic acids is 1. The second kappa shape index (κ2) is 7.98. The molecule has 0 radical (unpaired) electrons. The van der Waals surface area contributed by atoms with Crippen LogP contribution < -0.4 is 0 Å². The van der Waals surface area contributed by atoms with Gasteiger partial charge in [0.25, 0.3) is 0 Å². The van der Waals surface area contributed by atoms with Gasteiger partial charge >= 0.3 is 0 Å². The van der Waals surface area contributed by atoms with E-state index in [2.05, 4.69) is 58.9 Å². The van der Waals surface area contributed by atoms with Crippen LogP contribution in [0.5, 0.6) is 0 Å². The van der Waals surface area contributed by atoms with Crippen LogP contribution in [0.15, 0.2) is 24.3 Å². The molecule has 1 aromatic carbocycles. The van der Waals surface area contributed by atoms with Gasteiger partial charge in [-0.2, -0.15) is 0 Å². The van der Waals surface area contributed by atoms with Crippen LogP contribution >= 0.6 is 15.9 Å². The first kappa shape index (κ1) is 16.5. The van der Waals surface area contributed by atoms with Gasteiger partial charge < -0.3 is 4.90 Å². The maximum Gasteiger partial charge on any atom is 0.230 e. The fraction of sp³-hybridized carbons (Fsp3) is 0.611. The Labute approximate surface area is 137 Å². The highest BCUT2D eigenvalue weighted by atomic mass is 79.9. The zero-order valence-electron chi connectivity index (χ0n) is 13.1. The second-order valence-electron chi connectivity index (χ2n) is 5.83. The van der Waals surface area contributed by atoms with Crippen molar-refractivity contribution >= 4 is 21.8 Å². The summed E-state index contributed by atoms with van der Waals surface area (Å²) >= 11 is 3.51. The average molecular weight is 352 g/mol. The molecule has 21 heavy (non-hydrogen) atoms. The van der Waals surface area contributed by atoms with Crippen LogP contribution in [-0.4, -0.2) is 28.7 Å². The predicted molar refractivity (Wildman–Crippen MR) is 92.0 cm³/mol. The maximum absolute atomic E-state index is 13.1. The van der Waals surface area contributed by atoms with Crippen LogP contribution in [0.4, 0.5) is 0 Å². The molecule has 2 rings (SSSR count). The number of hydrogen-bond donors (Lipinski definition) is 0. The molecule has 1 aromatic rings. The smallest absolute Gasteiger partial charge is 0.230 e. The Morgan fingerprint density at radius 1 is 1.33 bits per heavy atom. The summed E-state index contributed by atoms with van der Waals surface area (Å²) in [7, 11) is 0. The molecule has 2 nitrogen and oxygen atoms in total. The van der Waals surface area contributed by atoms with Gasteiger partial charge in [0.2, 0.25) is 5.91 Å². The summed E-state index contributed by atoms with van der Waals surface area (Å²) in [6, 6.07) is 8.85. The van der Waals surface area contributed by atoms with E-state index in [-0.39, 0.29) is 5.92 Å². The van der Waals surface area contributed by atoms with E-state index < -0.39 is 0 Å². The van der Waals surface area contributed by atoms with E-state index in [1.807, 2.05) is 0 Å². The number of alkyl halides is 1. The molecule has 0 aliphatic heterocycles. The number of aryl methyl sites for hydroxylation is 1. The largest absolute Gasteiger partial charge is 0.338 e. The van der Waals surface area contributed by atoms with E-state index in [1.54, 1.807) is 0 Å². The molecule has 0 N–H and O–H groups in total. The zero-order chi connectivity index (χ0) is 15.2. The van der Waals surface area contributed by atoms with Gasteiger partial charge in [-0.15, -0.1) is 0 Å². The molecule has 3 heteroatoms. The number of halogens is 1. The lowest BCUT2D eigenvalue weighted by molar-refractivity contribution is -0.135. The summed E-state index contributed by atoms with van der Waals surface area (Å²) in [5, 5.41) is 0.851. The average Bonchev–Trinajstić information content (AvgIpc) is 2.54. The van der Waals surface area contributed by atoms with Gasteiger partial charge in [0.1, 0.15) is 0 Å². The van der Waals surface area contributed by atoms with Crippen molar-refractivity contribution in [2.45, 2.75) is 57.9 Å². The SMILES string of the molecule is CCC(CC)N(CCBr)C(=O)C1CCCc2ccccc21. The topological polar surface area (TPSA) is 20.3 Å². The molecule has 0 spiro atoms. The van der Waals surface area contributed by atoms with Crippen molar-refractivity contribution < 1.29 is 4.79 Å². The Morgan fingerprint density at radius 2 is 2.05 bits per heavy atom. The number of rotatable bonds is 6. The van der Waals surface area contributed by atoms with Crippen LogP contribution in [0.2, 0.25) is 0 Å². The highest BCUT2D eigenvalue weighted by Gasteiger charge is 2.31. The van der Waals surface area contributed by atoms with E-state index >= 15 is 0 Å². The summed E-state index contributed by atoms with van der Waals surface area (Å²) in [4.78, 5) is 15.2. The molecule has 0 saturated carbocycles. The van der Waals surface area contributed by atoms with Crippen LogP contribution in [0.1, 0.15) is 56.6 Å². The number of nitrogens with zero attached hydrogens (tertiary/aromatic N) is 1. The molecule has 1 aliphatic carbocycles. The fourth-order valence-electron chi connectivity index (χ4n) is 3.50. The predicted octanol–water partition coefficient (Wildman–Crippen LogP) is 4.52. The minimum absolute atomic E-state index is 0.0644. The van der Waals surface area contributed by atoms with Gasteiger partial charge in [0, 0.05) is 17.9 Å². The molecular weight excluding hydrogens is 326 g/mol. The second-order valence-corrected chi connectivity index (χ2v) is 6.63. The summed E-state index contributed by atoms with van der Waals surface area (Å²) in [5.41, 5.74) is 2.63. The zero-order valence-corrected chi connectivity index (χ0v) is 14.7. The number of fused-ring (bicyclic) bond motifs is 1. The van der Waals surface area contributed by atoms with Gasteiger partial charge in [-0.05, 0) is 43.2 Å². The summed E-state index contributed by atoms with van der Waals surface area (Å²) in [6.07, 6.45) is 5.30. The van der Waals surface area contributed by atoms with Crippen LogP contribution in [0.25, 0.3) is 0 Å². The van der Waals surface area contributed by atoms with E-state index in [1.165, 1.54) is 11.1 Å². The van der Waals surface area contributed by atoms with Gasteiger partial charge in [-0.25, -0.2) is 0 Å². The normalized spacial score (nSPS) is 17.6. The van der Waals surface area contributed by atoms with Crippen molar-refractivity contribution in [2.75, 3.05) is 11.9 Å². The molecule has 0 saturated heterocycles. The van der Waals surface area contributed by atoms with Crippen LogP contribution in [0, 0.1) is 0 Å². The molecule has 0 aromatic heterocycles. The number of benzene rings is 1. The summed E-state index contributed by atoms with van der Waals surface area (Å²) < 4.78 is 0.